The lowest BCUT2D eigenvalue weighted by molar-refractivity contribution is -0.146. The average molecular weight is 373 g/mol. The highest BCUT2D eigenvalue weighted by atomic mass is 16.5. The van der Waals surface area contributed by atoms with Gasteiger partial charge in [0.15, 0.2) is 0 Å². The van der Waals surface area contributed by atoms with Gasteiger partial charge >= 0.3 is 0 Å². The van der Waals surface area contributed by atoms with E-state index in [0.717, 1.165) is 50.1 Å². The number of amides is 2. The number of rotatable bonds is 6. The smallest absolute Gasteiger partial charge is 0.230 e. The fourth-order valence-electron chi connectivity index (χ4n) is 4.33. The van der Waals surface area contributed by atoms with Crippen molar-refractivity contribution in [2.45, 2.75) is 52.5 Å². The molecule has 1 spiro atoms. The number of ether oxygens (including phenoxy) is 1. The lowest BCUT2D eigenvalue weighted by atomic mass is 9.78. The first kappa shape index (κ1) is 19.7. The van der Waals surface area contributed by atoms with E-state index in [4.69, 9.17) is 4.74 Å². The van der Waals surface area contributed by atoms with Crippen molar-refractivity contribution in [3.05, 3.63) is 29.8 Å². The molecule has 2 aliphatic rings. The van der Waals surface area contributed by atoms with Crippen molar-refractivity contribution in [2.75, 3.05) is 26.7 Å². The SMILES string of the molecule is COc1cccc(CN2CCCC3(CCN(C(=O)CCC(C)C)C3)C2=O)c1. The first-order chi connectivity index (χ1) is 12.9. The van der Waals surface area contributed by atoms with Gasteiger partial charge in [0.25, 0.3) is 0 Å². The molecule has 1 atom stereocenters. The van der Waals surface area contributed by atoms with Crippen LogP contribution in [0.2, 0.25) is 0 Å². The van der Waals surface area contributed by atoms with E-state index in [0.29, 0.717) is 25.4 Å². The van der Waals surface area contributed by atoms with Crippen LogP contribution >= 0.6 is 0 Å². The fraction of sp³-hybridized carbons (Fsp3) is 0.636. The molecule has 0 N–H and O–H groups in total. The zero-order chi connectivity index (χ0) is 19.4. The third-order valence-electron chi connectivity index (χ3n) is 5.97. The van der Waals surface area contributed by atoms with Crippen molar-refractivity contribution >= 4 is 11.8 Å². The van der Waals surface area contributed by atoms with Gasteiger partial charge in [0.1, 0.15) is 5.75 Å². The third-order valence-corrected chi connectivity index (χ3v) is 5.97. The van der Waals surface area contributed by atoms with Gasteiger partial charge in [-0.1, -0.05) is 26.0 Å². The average Bonchev–Trinajstić information content (AvgIpc) is 3.09. The third kappa shape index (κ3) is 4.45. The standard InChI is InChI=1S/C22H32N2O3/c1-17(2)8-9-20(25)24-13-11-22(16-24)10-5-12-23(21(22)26)15-18-6-4-7-19(14-18)27-3/h4,6-7,14,17H,5,8-13,15-16H2,1-3H3. The van der Waals surface area contributed by atoms with Crippen LogP contribution in [-0.4, -0.2) is 48.4 Å². The Morgan fingerprint density at radius 3 is 2.81 bits per heavy atom. The molecule has 3 rings (SSSR count). The van der Waals surface area contributed by atoms with Crippen molar-refractivity contribution in [1.29, 1.82) is 0 Å². The number of piperidine rings is 1. The second-order valence-electron chi connectivity index (χ2n) is 8.46. The monoisotopic (exact) mass is 372 g/mol. The molecule has 2 heterocycles. The summed E-state index contributed by atoms with van der Waals surface area (Å²) in [4.78, 5) is 29.7. The molecule has 5 nitrogen and oxygen atoms in total. The minimum Gasteiger partial charge on any atom is -0.497 e. The highest BCUT2D eigenvalue weighted by Crippen LogP contribution is 2.40. The van der Waals surface area contributed by atoms with Crippen LogP contribution < -0.4 is 4.74 Å². The van der Waals surface area contributed by atoms with E-state index in [1.807, 2.05) is 34.1 Å². The molecule has 0 radical (unpaired) electrons. The van der Waals surface area contributed by atoms with E-state index < -0.39 is 0 Å². The summed E-state index contributed by atoms with van der Waals surface area (Å²) in [7, 11) is 1.66. The molecule has 2 saturated heterocycles. The van der Waals surface area contributed by atoms with Crippen molar-refractivity contribution < 1.29 is 14.3 Å². The van der Waals surface area contributed by atoms with Crippen LogP contribution in [0.3, 0.4) is 0 Å². The van der Waals surface area contributed by atoms with Gasteiger partial charge in [-0.25, -0.2) is 0 Å². The number of methoxy groups -OCH3 is 1. The summed E-state index contributed by atoms with van der Waals surface area (Å²) in [6.07, 6.45) is 4.21. The molecule has 0 aromatic heterocycles. The van der Waals surface area contributed by atoms with Gasteiger partial charge in [-0.15, -0.1) is 0 Å². The molecule has 1 unspecified atom stereocenters. The Hall–Kier alpha value is -2.04. The van der Waals surface area contributed by atoms with Crippen LogP contribution in [0.15, 0.2) is 24.3 Å². The molecule has 0 bridgehead atoms. The van der Waals surface area contributed by atoms with Crippen molar-refractivity contribution in [3.63, 3.8) is 0 Å². The van der Waals surface area contributed by atoms with Gasteiger partial charge in [0.05, 0.1) is 12.5 Å². The zero-order valence-electron chi connectivity index (χ0n) is 16.9. The number of hydrogen-bond donors (Lipinski definition) is 0. The van der Waals surface area contributed by atoms with E-state index in [2.05, 4.69) is 13.8 Å². The van der Waals surface area contributed by atoms with E-state index in [9.17, 15) is 9.59 Å². The summed E-state index contributed by atoms with van der Waals surface area (Å²) in [5.74, 6) is 1.77. The Kier molecular flexibility index (Phi) is 6.08. The maximum Gasteiger partial charge on any atom is 0.230 e. The van der Waals surface area contributed by atoms with Gasteiger partial charge in [0.2, 0.25) is 11.8 Å². The summed E-state index contributed by atoms with van der Waals surface area (Å²) >= 11 is 0. The number of carbonyl (C=O) groups excluding carboxylic acids is 2. The summed E-state index contributed by atoms with van der Waals surface area (Å²) in [6, 6.07) is 7.90. The number of benzene rings is 1. The Morgan fingerprint density at radius 2 is 2.07 bits per heavy atom. The molecule has 27 heavy (non-hydrogen) atoms. The van der Waals surface area contributed by atoms with Crippen LogP contribution in [-0.2, 0) is 16.1 Å². The van der Waals surface area contributed by atoms with Crippen LogP contribution in [0.5, 0.6) is 5.75 Å². The van der Waals surface area contributed by atoms with Gasteiger partial charge in [-0.3, -0.25) is 9.59 Å². The lowest BCUT2D eigenvalue weighted by Gasteiger charge is -2.39. The summed E-state index contributed by atoms with van der Waals surface area (Å²) < 4.78 is 5.30. The second kappa shape index (κ2) is 8.32. The van der Waals surface area contributed by atoms with Crippen LogP contribution in [0.1, 0.15) is 51.5 Å². The Morgan fingerprint density at radius 1 is 1.26 bits per heavy atom. The molecule has 148 valence electrons. The molecule has 2 amide bonds. The number of likely N-dealkylation sites (tertiary alicyclic amines) is 2. The largest absolute Gasteiger partial charge is 0.497 e. The fourth-order valence-corrected chi connectivity index (χ4v) is 4.33. The molecule has 5 heteroatoms. The molecule has 2 fully saturated rings. The Bertz CT molecular complexity index is 688. The topological polar surface area (TPSA) is 49.9 Å². The predicted molar refractivity (Wildman–Crippen MR) is 105 cm³/mol. The minimum atomic E-state index is -0.370. The van der Waals surface area contributed by atoms with Gasteiger partial charge < -0.3 is 14.5 Å². The number of nitrogens with zero attached hydrogens (tertiary/aromatic N) is 2. The van der Waals surface area contributed by atoms with Crippen LogP contribution in [0.4, 0.5) is 0 Å². The molecule has 0 saturated carbocycles. The summed E-state index contributed by atoms with van der Waals surface area (Å²) in [5.41, 5.74) is 0.715. The van der Waals surface area contributed by atoms with Gasteiger partial charge in [-0.05, 0) is 49.3 Å². The normalized spacial score (nSPS) is 22.7. The quantitative estimate of drug-likeness (QED) is 0.768. The molecular formula is C22H32N2O3. The molecule has 0 aliphatic carbocycles. The van der Waals surface area contributed by atoms with Crippen LogP contribution in [0.25, 0.3) is 0 Å². The Labute approximate surface area is 162 Å². The van der Waals surface area contributed by atoms with Gasteiger partial charge in [0, 0.05) is 32.6 Å². The van der Waals surface area contributed by atoms with E-state index in [-0.39, 0.29) is 17.2 Å². The summed E-state index contributed by atoms with van der Waals surface area (Å²) in [6.45, 7) is 6.99. The van der Waals surface area contributed by atoms with Gasteiger partial charge in [-0.2, -0.15) is 0 Å². The molecular weight excluding hydrogens is 340 g/mol. The lowest BCUT2D eigenvalue weighted by Crippen LogP contribution is -2.50. The van der Waals surface area contributed by atoms with Crippen molar-refractivity contribution in [3.8, 4) is 5.75 Å². The zero-order valence-corrected chi connectivity index (χ0v) is 16.9. The minimum absolute atomic E-state index is 0.207. The molecule has 1 aromatic carbocycles. The number of hydrogen-bond acceptors (Lipinski definition) is 3. The van der Waals surface area contributed by atoms with E-state index in [1.54, 1.807) is 7.11 Å². The Balaban J connectivity index is 1.65. The maximum atomic E-state index is 13.3. The first-order valence-corrected chi connectivity index (χ1v) is 10.1. The molecule has 1 aromatic rings. The highest BCUT2D eigenvalue weighted by molar-refractivity contribution is 5.86. The van der Waals surface area contributed by atoms with Crippen molar-refractivity contribution in [2.24, 2.45) is 11.3 Å². The van der Waals surface area contributed by atoms with Crippen molar-refractivity contribution in [1.82, 2.24) is 9.80 Å². The maximum absolute atomic E-state index is 13.3. The summed E-state index contributed by atoms with van der Waals surface area (Å²) in [5, 5.41) is 0. The van der Waals surface area contributed by atoms with E-state index in [1.165, 1.54) is 0 Å². The second-order valence-corrected chi connectivity index (χ2v) is 8.46. The molecule has 2 aliphatic heterocycles. The first-order valence-electron chi connectivity index (χ1n) is 10.1. The van der Waals surface area contributed by atoms with E-state index >= 15 is 0 Å². The number of carbonyl (C=O) groups is 2. The predicted octanol–water partition coefficient (Wildman–Crippen LogP) is 3.47. The van der Waals surface area contributed by atoms with Crippen LogP contribution in [0, 0.1) is 11.3 Å². The highest BCUT2D eigenvalue weighted by Gasteiger charge is 2.49.